The molecule has 1 aliphatic rings. The topological polar surface area (TPSA) is 12.9 Å². The summed E-state index contributed by atoms with van der Waals surface area (Å²) in [5, 5.41) is 3.37. The van der Waals surface area contributed by atoms with E-state index < -0.39 is 0 Å². The van der Waals surface area contributed by atoms with Gasteiger partial charge >= 0.3 is 0 Å². The minimum atomic E-state index is 1.04. The van der Waals surface area contributed by atoms with Gasteiger partial charge in [-0.2, -0.15) is 0 Å². The van der Waals surface area contributed by atoms with Gasteiger partial charge in [0, 0.05) is 17.5 Å². The molecule has 0 radical (unpaired) electrons. The summed E-state index contributed by atoms with van der Waals surface area (Å²) in [5.41, 5.74) is 2.66. The van der Waals surface area contributed by atoms with Crippen LogP contribution < -0.4 is 0 Å². The third kappa shape index (κ3) is 2.28. The molecule has 0 amide bonds. The van der Waals surface area contributed by atoms with Crippen molar-refractivity contribution in [1.82, 2.24) is 4.98 Å². The first kappa shape index (κ1) is 8.70. The summed E-state index contributed by atoms with van der Waals surface area (Å²) in [6.07, 6.45) is 10.0. The smallest absolute Gasteiger partial charge is 0.0968 e. The highest BCUT2D eigenvalue weighted by atomic mass is 32.1. The SMILES string of the molecule is Cc1csc(CC2=CC=CCC2)n1. The quantitative estimate of drug-likeness (QED) is 0.699. The van der Waals surface area contributed by atoms with E-state index in [1.165, 1.54) is 23.4 Å². The van der Waals surface area contributed by atoms with Crippen LogP contribution in [0, 0.1) is 6.92 Å². The van der Waals surface area contributed by atoms with Crippen LogP contribution in [0.15, 0.2) is 29.2 Å². The molecule has 1 nitrogen and oxygen atoms in total. The third-order valence-corrected chi connectivity index (χ3v) is 3.11. The summed E-state index contributed by atoms with van der Waals surface area (Å²) in [7, 11) is 0. The van der Waals surface area contributed by atoms with Crippen LogP contribution in [-0.4, -0.2) is 4.98 Å². The number of rotatable bonds is 2. The van der Waals surface area contributed by atoms with Crippen LogP contribution >= 0.6 is 11.3 Å². The molecule has 0 atom stereocenters. The lowest BCUT2D eigenvalue weighted by Crippen LogP contribution is -1.92. The number of hydrogen-bond donors (Lipinski definition) is 0. The van der Waals surface area contributed by atoms with Gasteiger partial charge in [-0.3, -0.25) is 0 Å². The molecule has 2 rings (SSSR count). The van der Waals surface area contributed by atoms with Crippen molar-refractivity contribution in [2.24, 2.45) is 0 Å². The Morgan fingerprint density at radius 3 is 3.08 bits per heavy atom. The molecule has 68 valence electrons. The summed E-state index contributed by atoms with van der Waals surface area (Å²) >= 11 is 1.77. The van der Waals surface area contributed by atoms with E-state index in [1.807, 2.05) is 0 Å². The summed E-state index contributed by atoms with van der Waals surface area (Å²) in [6, 6.07) is 0. The van der Waals surface area contributed by atoms with Crippen molar-refractivity contribution in [3.05, 3.63) is 39.9 Å². The second-order valence-electron chi connectivity index (χ2n) is 3.35. The molecule has 1 aliphatic carbocycles. The highest BCUT2D eigenvalue weighted by Crippen LogP contribution is 2.19. The van der Waals surface area contributed by atoms with E-state index in [4.69, 9.17) is 0 Å². The van der Waals surface area contributed by atoms with E-state index in [9.17, 15) is 0 Å². The standard InChI is InChI=1S/C11H13NS/c1-9-8-13-11(12-9)7-10-5-3-2-4-6-10/h2-3,5,8H,4,6-7H2,1H3. The lowest BCUT2D eigenvalue weighted by Gasteiger charge is -2.05. The van der Waals surface area contributed by atoms with E-state index in [0.717, 1.165) is 12.1 Å². The molecule has 0 unspecified atom stereocenters. The lowest BCUT2D eigenvalue weighted by atomic mass is 10.0. The van der Waals surface area contributed by atoms with Crippen LogP contribution in [-0.2, 0) is 6.42 Å². The fourth-order valence-corrected chi connectivity index (χ4v) is 2.30. The van der Waals surface area contributed by atoms with Crippen molar-refractivity contribution >= 4 is 11.3 Å². The van der Waals surface area contributed by atoms with Gasteiger partial charge in [-0.15, -0.1) is 11.3 Å². The van der Waals surface area contributed by atoms with Crippen LogP contribution in [0.5, 0.6) is 0 Å². The maximum Gasteiger partial charge on any atom is 0.0968 e. The van der Waals surface area contributed by atoms with E-state index in [1.54, 1.807) is 11.3 Å². The van der Waals surface area contributed by atoms with Crippen molar-refractivity contribution in [3.63, 3.8) is 0 Å². The van der Waals surface area contributed by atoms with E-state index >= 15 is 0 Å². The van der Waals surface area contributed by atoms with Gasteiger partial charge in [-0.25, -0.2) is 4.98 Å². The Bertz CT molecular complexity index is 347. The molecule has 2 heteroatoms. The Morgan fingerprint density at radius 1 is 1.54 bits per heavy atom. The molecule has 1 aromatic rings. The summed E-state index contributed by atoms with van der Waals surface area (Å²) in [5.74, 6) is 0. The first-order chi connectivity index (χ1) is 6.34. The fourth-order valence-electron chi connectivity index (χ4n) is 1.48. The van der Waals surface area contributed by atoms with Gasteiger partial charge in [0.15, 0.2) is 0 Å². The van der Waals surface area contributed by atoms with Crippen LogP contribution in [0.1, 0.15) is 23.5 Å². The number of aryl methyl sites for hydroxylation is 1. The van der Waals surface area contributed by atoms with Gasteiger partial charge in [0.2, 0.25) is 0 Å². The zero-order chi connectivity index (χ0) is 9.10. The van der Waals surface area contributed by atoms with Crippen molar-refractivity contribution in [2.45, 2.75) is 26.2 Å². The lowest BCUT2D eigenvalue weighted by molar-refractivity contribution is 0.903. The molecule has 0 N–H and O–H groups in total. The first-order valence-electron chi connectivity index (χ1n) is 4.60. The van der Waals surface area contributed by atoms with Crippen LogP contribution in [0.3, 0.4) is 0 Å². The second kappa shape index (κ2) is 3.88. The van der Waals surface area contributed by atoms with E-state index in [2.05, 4.69) is 35.5 Å². The molecule has 0 aliphatic heterocycles. The van der Waals surface area contributed by atoms with Crippen LogP contribution in [0.2, 0.25) is 0 Å². The van der Waals surface area contributed by atoms with E-state index in [0.29, 0.717) is 0 Å². The molecule has 0 fully saturated rings. The number of hydrogen-bond acceptors (Lipinski definition) is 2. The Balaban J connectivity index is 2.05. The summed E-state index contributed by atoms with van der Waals surface area (Å²) in [4.78, 5) is 4.46. The molecule has 13 heavy (non-hydrogen) atoms. The Morgan fingerprint density at radius 2 is 2.46 bits per heavy atom. The van der Waals surface area contributed by atoms with Gasteiger partial charge in [-0.1, -0.05) is 23.8 Å². The van der Waals surface area contributed by atoms with Crippen LogP contribution in [0.4, 0.5) is 0 Å². The Labute approximate surface area is 82.8 Å². The van der Waals surface area contributed by atoms with Gasteiger partial charge in [0.05, 0.1) is 5.01 Å². The minimum absolute atomic E-state index is 1.04. The van der Waals surface area contributed by atoms with Gasteiger partial charge in [0.25, 0.3) is 0 Å². The van der Waals surface area contributed by atoms with E-state index in [-0.39, 0.29) is 0 Å². The number of thiazole rings is 1. The molecule has 0 aromatic carbocycles. The molecule has 1 heterocycles. The summed E-state index contributed by atoms with van der Waals surface area (Å²) < 4.78 is 0. The molecule has 0 saturated heterocycles. The molecule has 0 spiro atoms. The zero-order valence-electron chi connectivity index (χ0n) is 7.79. The fraction of sp³-hybridized carbons (Fsp3) is 0.364. The number of allylic oxidation sites excluding steroid dienone is 4. The third-order valence-electron chi connectivity index (χ3n) is 2.14. The van der Waals surface area contributed by atoms with Crippen molar-refractivity contribution in [1.29, 1.82) is 0 Å². The predicted octanol–water partition coefficient (Wildman–Crippen LogP) is 3.27. The molecular weight excluding hydrogens is 178 g/mol. The predicted molar refractivity (Wildman–Crippen MR) is 57.0 cm³/mol. The highest BCUT2D eigenvalue weighted by molar-refractivity contribution is 7.09. The van der Waals surface area contributed by atoms with Gasteiger partial charge in [0.1, 0.15) is 0 Å². The molecule has 1 aromatic heterocycles. The minimum Gasteiger partial charge on any atom is -0.246 e. The normalized spacial score (nSPS) is 15.9. The zero-order valence-corrected chi connectivity index (χ0v) is 8.60. The summed E-state index contributed by atoms with van der Waals surface area (Å²) in [6.45, 7) is 2.05. The Kier molecular flexibility index (Phi) is 2.60. The molecular formula is C11H13NS. The maximum atomic E-state index is 4.46. The maximum absolute atomic E-state index is 4.46. The van der Waals surface area contributed by atoms with Gasteiger partial charge < -0.3 is 0 Å². The van der Waals surface area contributed by atoms with Crippen LogP contribution in [0.25, 0.3) is 0 Å². The number of nitrogens with zero attached hydrogens (tertiary/aromatic N) is 1. The van der Waals surface area contributed by atoms with Crippen molar-refractivity contribution < 1.29 is 0 Å². The van der Waals surface area contributed by atoms with Gasteiger partial charge in [-0.05, 0) is 19.8 Å². The average molecular weight is 191 g/mol. The molecule has 0 bridgehead atoms. The number of aromatic nitrogens is 1. The van der Waals surface area contributed by atoms with Crippen molar-refractivity contribution in [2.75, 3.05) is 0 Å². The largest absolute Gasteiger partial charge is 0.246 e. The second-order valence-corrected chi connectivity index (χ2v) is 4.29. The first-order valence-corrected chi connectivity index (χ1v) is 5.48. The molecule has 0 saturated carbocycles. The highest BCUT2D eigenvalue weighted by Gasteiger charge is 2.04. The average Bonchev–Trinajstić information content (AvgIpc) is 2.53. The van der Waals surface area contributed by atoms with Crippen molar-refractivity contribution in [3.8, 4) is 0 Å². The monoisotopic (exact) mass is 191 g/mol. The Hall–Kier alpha value is -0.890.